The van der Waals surface area contributed by atoms with E-state index < -0.39 is 0 Å². The van der Waals surface area contributed by atoms with E-state index in [9.17, 15) is 9.59 Å². The summed E-state index contributed by atoms with van der Waals surface area (Å²) in [5, 5.41) is 8.59. The van der Waals surface area contributed by atoms with Crippen LogP contribution in [0.1, 0.15) is 28.5 Å². The van der Waals surface area contributed by atoms with Gasteiger partial charge in [0.25, 0.3) is 5.91 Å². The maximum absolute atomic E-state index is 12.1. The van der Waals surface area contributed by atoms with Gasteiger partial charge in [-0.15, -0.1) is 11.3 Å². The zero-order valence-corrected chi connectivity index (χ0v) is 16.1. The second-order valence-corrected chi connectivity index (χ2v) is 7.14. The molecule has 6 heteroatoms. The van der Waals surface area contributed by atoms with Gasteiger partial charge in [-0.3, -0.25) is 9.59 Å². The fourth-order valence-electron chi connectivity index (χ4n) is 2.60. The maximum atomic E-state index is 12.1. The second-order valence-electron chi connectivity index (χ2n) is 6.28. The highest BCUT2D eigenvalue weighted by Gasteiger charge is 2.08. The Bertz CT molecular complexity index is 948. The van der Waals surface area contributed by atoms with Crippen molar-refractivity contribution >= 4 is 28.8 Å². The fourth-order valence-corrected chi connectivity index (χ4v) is 3.45. The third-order valence-corrected chi connectivity index (χ3v) is 4.90. The molecule has 2 aromatic carbocycles. The number of amides is 2. The van der Waals surface area contributed by atoms with Crippen molar-refractivity contribution in [3.63, 3.8) is 0 Å². The van der Waals surface area contributed by atoms with E-state index in [1.165, 1.54) is 6.92 Å². The predicted octanol–water partition coefficient (Wildman–Crippen LogP) is 4.05. The molecule has 0 radical (unpaired) electrons. The molecule has 0 atom stereocenters. The Labute approximate surface area is 162 Å². The summed E-state index contributed by atoms with van der Waals surface area (Å²) in [6, 6.07) is 15.1. The highest BCUT2D eigenvalue weighted by atomic mass is 32.1. The van der Waals surface area contributed by atoms with Gasteiger partial charge >= 0.3 is 0 Å². The lowest BCUT2D eigenvalue weighted by Crippen LogP contribution is -2.25. The van der Waals surface area contributed by atoms with E-state index in [2.05, 4.69) is 15.6 Å². The molecule has 0 aliphatic carbocycles. The van der Waals surface area contributed by atoms with Crippen LogP contribution >= 0.6 is 11.3 Å². The highest BCUT2D eigenvalue weighted by molar-refractivity contribution is 7.13. The molecule has 1 heterocycles. The molecule has 5 nitrogen and oxygen atoms in total. The number of anilines is 1. The SMILES string of the molecule is CC(=O)Nc1cccc(-c2nc(CCNC(=O)c3ccc(C)cc3)cs2)c1. The molecule has 2 N–H and O–H groups in total. The van der Waals surface area contributed by atoms with Crippen molar-refractivity contribution in [3.8, 4) is 10.6 Å². The molecule has 0 aliphatic heterocycles. The van der Waals surface area contributed by atoms with Crippen LogP contribution in [-0.2, 0) is 11.2 Å². The van der Waals surface area contributed by atoms with E-state index >= 15 is 0 Å². The Hall–Kier alpha value is -2.99. The van der Waals surface area contributed by atoms with Crippen molar-refractivity contribution in [2.24, 2.45) is 0 Å². The van der Waals surface area contributed by atoms with Gasteiger partial charge in [0.2, 0.25) is 5.91 Å². The second kappa shape index (κ2) is 8.60. The van der Waals surface area contributed by atoms with Gasteiger partial charge in [0, 0.05) is 42.1 Å². The van der Waals surface area contributed by atoms with E-state index in [0.717, 1.165) is 27.5 Å². The van der Waals surface area contributed by atoms with Crippen molar-refractivity contribution in [2.75, 3.05) is 11.9 Å². The molecule has 138 valence electrons. The molecule has 0 saturated carbocycles. The molecular weight excluding hydrogens is 358 g/mol. The fraction of sp³-hybridized carbons (Fsp3) is 0.190. The molecular formula is C21H21N3O2S. The Kier molecular flexibility index (Phi) is 5.98. The number of thiazole rings is 1. The summed E-state index contributed by atoms with van der Waals surface area (Å²) in [7, 11) is 0. The Balaban J connectivity index is 1.57. The minimum atomic E-state index is -0.101. The Morgan fingerprint density at radius 1 is 1.11 bits per heavy atom. The smallest absolute Gasteiger partial charge is 0.251 e. The summed E-state index contributed by atoms with van der Waals surface area (Å²) in [4.78, 5) is 28.0. The molecule has 0 spiro atoms. The van der Waals surface area contributed by atoms with Crippen LogP contribution in [0.15, 0.2) is 53.9 Å². The molecule has 27 heavy (non-hydrogen) atoms. The number of benzene rings is 2. The number of rotatable bonds is 6. The lowest BCUT2D eigenvalue weighted by Gasteiger charge is -2.05. The Morgan fingerprint density at radius 3 is 2.63 bits per heavy atom. The quantitative estimate of drug-likeness (QED) is 0.679. The van der Waals surface area contributed by atoms with E-state index in [0.29, 0.717) is 18.5 Å². The lowest BCUT2D eigenvalue weighted by molar-refractivity contribution is -0.114. The van der Waals surface area contributed by atoms with Crippen LogP contribution < -0.4 is 10.6 Å². The lowest BCUT2D eigenvalue weighted by atomic mass is 10.1. The first-order valence-corrected chi connectivity index (χ1v) is 9.56. The normalized spacial score (nSPS) is 10.4. The van der Waals surface area contributed by atoms with E-state index in [1.54, 1.807) is 11.3 Å². The summed E-state index contributed by atoms with van der Waals surface area (Å²) in [6.07, 6.45) is 0.666. The van der Waals surface area contributed by atoms with Crippen LogP contribution in [0.4, 0.5) is 5.69 Å². The number of nitrogens with zero attached hydrogens (tertiary/aromatic N) is 1. The average Bonchev–Trinajstić information content (AvgIpc) is 3.11. The summed E-state index contributed by atoms with van der Waals surface area (Å²) in [5.41, 5.74) is 4.44. The molecule has 3 aromatic rings. The van der Waals surface area contributed by atoms with Gasteiger partial charge in [0.1, 0.15) is 5.01 Å². The zero-order chi connectivity index (χ0) is 19.2. The summed E-state index contributed by atoms with van der Waals surface area (Å²) < 4.78 is 0. The third kappa shape index (κ3) is 5.24. The minimum absolute atomic E-state index is 0.0755. The van der Waals surface area contributed by atoms with Crippen LogP contribution in [0.3, 0.4) is 0 Å². The van der Waals surface area contributed by atoms with Gasteiger partial charge in [-0.25, -0.2) is 4.98 Å². The minimum Gasteiger partial charge on any atom is -0.352 e. The van der Waals surface area contributed by atoms with Crippen LogP contribution in [-0.4, -0.2) is 23.3 Å². The van der Waals surface area contributed by atoms with Gasteiger partial charge in [0.15, 0.2) is 0 Å². The molecule has 0 aliphatic rings. The topological polar surface area (TPSA) is 71.1 Å². The van der Waals surface area contributed by atoms with Crippen LogP contribution in [0, 0.1) is 6.92 Å². The van der Waals surface area contributed by atoms with Gasteiger partial charge in [-0.2, -0.15) is 0 Å². The van der Waals surface area contributed by atoms with Gasteiger partial charge in [-0.05, 0) is 31.2 Å². The van der Waals surface area contributed by atoms with E-state index in [1.807, 2.05) is 60.8 Å². The predicted molar refractivity (Wildman–Crippen MR) is 109 cm³/mol. The van der Waals surface area contributed by atoms with Crippen molar-refractivity contribution in [1.82, 2.24) is 10.3 Å². The largest absolute Gasteiger partial charge is 0.352 e. The molecule has 0 saturated heterocycles. The van der Waals surface area contributed by atoms with Crippen LogP contribution in [0.2, 0.25) is 0 Å². The van der Waals surface area contributed by atoms with Crippen molar-refractivity contribution in [3.05, 3.63) is 70.7 Å². The highest BCUT2D eigenvalue weighted by Crippen LogP contribution is 2.26. The summed E-state index contributed by atoms with van der Waals surface area (Å²) in [5.74, 6) is -0.176. The molecule has 0 unspecified atom stereocenters. The molecule has 3 rings (SSSR count). The molecule has 1 aromatic heterocycles. The number of aromatic nitrogens is 1. The number of aryl methyl sites for hydroxylation is 1. The van der Waals surface area contributed by atoms with E-state index in [4.69, 9.17) is 0 Å². The van der Waals surface area contributed by atoms with Gasteiger partial charge in [0.05, 0.1) is 5.69 Å². The molecule has 2 amide bonds. The maximum Gasteiger partial charge on any atom is 0.251 e. The first kappa shape index (κ1) is 18.8. The third-order valence-electron chi connectivity index (χ3n) is 3.96. The van der Waals surface area contributed by atoms with Crippen molar-refractivity contribution < 1.29 is 9.59 Å². The van der Waals surface area contributed by atoms with Crippen LogP contribution in [0.25, 0.3) is 10.6 Å². The number of hydrogen-bond acceptors (Lipinski definition) is 4. The summed E-state index contributed by atoms with van der Waals surface area (Å²) in [6.45, 7) is 4.01. The average molecular weight is 379 g/mol. The number of carbonyl (C=O) groups excluding carboxylic acids is 2. The van der Waals surface area contributed by atoms with Crippen LogP contribution in [0.5, 0.6) is 0 Å². The number of carbonyl (C=O) groups is 2. The molecule has 0 fully saturated rings. The van der Waals surface area contributed by atoms with Crippen molar-refractivity contribution in [1.29, 1.82) is 0 Å². The van der Waals surface area contributed by atoms with Gasteiger partial charge < -0.3 is 10.6 Å². The van der Waals surface area contributed by atoms with Crippen molar-refractivity contribution in [2.45, 2.75) is 20.3 Å². The molecule has 0 bridgehead atoms. The number of nitrogens with one attached hydrogen (secondary N) is 2. The Morgan fingerprint density at radius 2 is 1.89 bits per heavy atom. The standard InChI is InChI=1S/C21H21N3O2S/c1-14-6-8-16(9-7-14)20(26)22-11-10-19-13-27-21(24-19)17-4-3-5-18(12-17)23-15(2)25/h3-9,12-13H,10-11H2,1-2H3,(H,22,26)(H,23,25). The monoisotopic (exact) mass is 379 g/mol. The van der Waals surface area contributed by atoms with E-state index in [-0.39, 0.29) is 11.8 Å². The first-order valence-electron chi connectivity index (χ1n) is 8.68. The summed E-state index contributed by atoms with van der Waals surface area (Å²) >= 11 is 1.55. The zero-order valence-electron chi connectivity index (χ0n) is 15.3. The van der Waals surface area contributed by atoms with Gasteiger partial charge in [-0.1, -0.05) is 29.8 Å². The number of hydrogen-bond donors (Lipinski definition) is 2. The first-order chi connectivity index (χ1) is 13.0.